The summed E-state index contributed by atoms with van der Waals surface area (Å²) in [6, 6.07) is 1.52. The molecule has 120 valence electrons. The molecule has 1 aliphatic rings. The molecule has 0 fully saturated rings. The molecule has 0 aliphatic heterocycles. The molecule has 0 atom stereocenters. The third kappa shape index (κ3) is 2.81. The molecule has 2 N–H and O–H groups in total. The minimum absolute atomic E-state index is 0.0653. The highest BCUT2D eigenvalue weighted by molar-refractivity contribution is 5.99. The highest BCUT2D eigenvalue weighted by atomic mass is 19.4. The minimum Gasteiger partial charge on any atom is -0.383 e. The van der Waals surface area contributed by atoms with Crippen LogP contribution in [0.2, 0.25) is 0 Å². The quantitative estimate of drug-likeness (QED) is 0.917. The molecule has 3 rings (SSSR count). The van der Waals surface area contributed by atoms with Crippen LogP contribution in [-0.4, -0.2) is 25.5 Å². The van der Waals surface area contributed by atoms with Gasteiger partial charge in [0, 0.05) is 18.8 Å². The van der Waals surface area contributed by atoms with Crippen LogP contribution in [0.3, 0.4) is 0 Å². The number of anilines is 1. The van der Waals surface area contributed by atoms with Crippen LogP contribution < -0.4 is 5.73 Å². The Balaban J connectivity index is 2.22. The first kappa shape index (κ1) is 15.2. The Bertz CT molecular complexity index is 780. The van der Waals surface area contributed by atoms with Crippen LogP contribution in [0.15, 0.2) is 24.5 Å². The summed E-state index contributed by atoms with van der Waals surface area (Å²) in [5, 5.41) is 3.54. The molecule has 6 nitrogen and oxygen atoms in total. The Kier molecular flexibility index (Phi) is 3.63. The second-order valence-corrected chi connectivity index (χ2v) is 5.06. The smallest absolute Gasteiger partial charge is 0.383 e. The molecule has 0 saturated heterocycles. The lowest BCUT2D eigenvalue weighted by molar-refractivity contribution is -0.141. The summed E-state index contributed by atoms with van der Waals surface area (Å²) in [5.74, 6) is -0.517. The first-order valence-corrected chi connectivity index (χ1v) is 6.85. The second kappa shape index (κ2) is 5.49. The number of rotatable bonds is 2. The van der Waals surface area contributed by atoms with Crippen molar-refractivity contribution in [3.05, 3.63) is 35.8 Å². The van der Waals surface area contributed by atoms with Crippen molar-refractivity contribution in [2.75, 3.05) is 5.73 Å². The molecule has 9 heteroatoms. The third-order valence-electron chi connectivity index (χ3n) is 3.46. The topological polar surface area (TPSA) is 86.7 Å². The summed E-state index contributed by atoms with van der Waals surface area (Å²) in [6.45, 7) is 0. The zero-order chi connectivity index (χ0) is 16.6. The average molecular weight is 323 g/mol. The number of aromatic nitrogens is 4. The van der Waals surface area contributed by atoms with Gasteiger partial charge in [0.2, 0.25) is 0 Å². The SMILES string of the molecule is Nc1c(C2=CC(=O)CCC2)c(C(F)(F)F)nn1-c1ncccn1. The van der Waals surface area contributed by atoms with E-state index < -0.39 is 11.9 Å². The van der Waals surface area contributed by atoms with Gasteiger partial charge in [-0.1, -0.05) is 0 Å². The maximum Gasteiger partial charge on any atom is 0.435 e. The van der Waals surface area contributed by atoms with Gasteiger partial charge in [-0.05, 0) is 30.6 Å². The minimum atomic E-state index is -4.70. The fourth-order valence-electron chi connectivity index (χ4n) is 2.49. The molecular formula is C14H12F3N5O. The van der Waals surface area contributed by atoms with Crippen LogP contribution >= 0.6 is 0 Å². The van der Waals surface area contributed by atoms with Gasteiger partial charge < -0.3 is 5.73 Å². The molecule has 0 saturated carbocycles. The lowest BCUT2D eigenvalue weighted by Gasteiger charge is -2.14. The van der Waals surface area contributed by atoms with Gasteiger partial charge in [0.15, 0.2) is 11.5 Å². The zero-order valence-corrected chi connectivity index (χ0v) is 11.8. The number of halogens is 3. The van der Waals surface area contributed by atoms with Crippen LogP contribution in [0.25, 0.3) is 11.5 Å². The van der Waals surface area contributed by atoms with Crippen molar-refractivity contribution in [2.24, 2.45) is 0 Å². The van der Waals surface area contributed by atoms with E-state index in [0.29, 0.717) is 19.3 Å². The third-order valence-corrected chi connectivity index (χ3v) is 3.46. The van der Waals surface area contributed by atoms with Crippen LogP contribution in [0.5, 0.6) is 0 Å². The summed E-state index contributed by atoms with van der Waals surface area (Å²) in [7, 11) is 0. The largest absolute Gasteiger partial charge is 0.435 e. The van der Waals surface area contributed by atoms with Gasteiger partial charge in [0.05, 0.1) is 5.56 Å². The maximum atomic E-state index is 13.3. The Morgan fingerprint density at radius 2 is 1.87 bits per heavy atom. The van der Waals surface area contributed by atoms with E-state index in [2.05, 4.69) is 15.1 Å². The Hall–Kier alpha value is -2.71. The number of nitrogens with zero attached hydrogens (tertiary/aromatic N) is 4. The van der Waals surface area contributed by atoms with Crippen molar-refractivity contribution >= 4 is 17.2 Å². The Morgan fingerprint density at radius 3 is 2.48 bits per heavy atom. The van der Waals surface area contributed by atoms with Gasteiger partial charge in [0.1, 0.15) is 5.82 Å². The lowest BCUT2D eigenvalue weighted by Crippen LogP contribution is -2.11. The number of hydrogen-bond donors (Lipinski definition) is 1. The predicted molar refractivity (Wildman–Crippen MR) is 75.4 cm³/mol. The van der Waals surface area contributed by atoms with Gasteiger partial charge in [0.25, 0.3) is 5.95 Å². The van der Waals surface area contributed by atoms with E-state index in [4.69, 9.17) is 5.73 Å². The maximum absolute atomic E-state index is 13.3. The van der Waals surface area contributed by atoms with Crippen LogP contribution in [-0.2, 0) is 11.0 Å². The lowest BCUT2D eigenvalue weighted by atomic mass is 9.92. The molecule has 0 unspecified atom stereocenters. The number of nitrogens with two attached hydrogens (primary N) is 1. The molecule has 0 aromatic carbocycles. The van der Waals surface area contributed by atoms with E-state index in [9.17, 15) is 18.0 Å². The predicted octanol–water partition coefficient (Wildman–Crippen LogP) is 2.40. The van der Waals surface area contributed by atoms with Crippen LogP contribution in [0.1, 0.15) is 30.5 Å². The zero-order valence-electron chi connectivity index (χ0n) is 11.8. The van der Waals surface area contributed by atoms with Gasteiger partial charge >= 0.3 is 6.18 Å². The van der Waals surface area contributed by atoms with E-state index in [1.165, 1.54) is 24.5 Å². The van der Waals surface area contributed by atoms with Crippen molar-refractivity contribution in [2.45, 2.75) is 25.4 Å². The number of carbonyl (C=O) groups excluding carboxylic acids is 1. The van der Waals surface area contributed by atoms with E-state index >= 15 is 0 Å². The van der Waals surface area contributed by atoms with Gasteiger partial charge in [-0.15, -0.1) is 0 Å². The van der Waals surface area contributed by atoms with E-state index in [1.54, 1.807) is 0 Å². The Labute approximate surface area is 128 Å². The average Bonchev–Trinajstić information content (AvgIpc) is 2.86. The van der Waals surface area contributed by atoms with Crippen LogP contribution in [0.4, 0.5) is 19.0 Å². The highest BCUT2D eigenvalue weighted by Gasteiger charge is 2.40. The molecule has 0 bridgehead atoms. The van der Waals surface area contributed by atoms with Crippen molar-refractivity contribution < 1.29 is 18.0 Å². The molecule has 2 aromatic heterocycles. The van der Waals surface area contributed by atoms with Gasteiger partial charge in [-0.25, -0.2) is 9.97 Å². The van der Waals surface area contributed by atoms with Gasteiger partial charge in [-0.2, -0.15) is 23.0 Å². The second-order valence-electron chi connectivity index (χ2n) is 5.06. The van der Waals surface area contributed by atoms with Gasteiger partial charge in [-0.3, -0.25) is 4.79 Å². The van der Waals surface area contributed by atoms with E-state index in [-0.39, 0.29) is 28.7 Å². The molecular weight excluding hydrogens is 311 g/mol. The summed E-state index contributed by atoms with van der Waals surface area (Å²) in [5.41, 5.74) is 4.72. The molecule has 0 spiro atoms. The monoisotopic (exact) mass is 323 g/mol. The van der Waals surface area contributed by atoms with E-state index in [0.717, 1.165) is 4.68 Å². The molecule has 2 heterocycles. The fraction of sp³-hybridized carbons (Fsp3) is 0.286. The molecule has 23 heavy (non-hydrogen) atoms. The first-order chi connectivity index (χ1) is 10.9. The molecule has 2 aromatic rings. The standard InChI is InChI=1S/C14H12F3N5O/c15-14(16,17)11-10(8-3-1-4-9(23)7-8)12(18)22(21-11)13-19-5-2-6-20-13/h2,5-7H,1,3-4,18H2. The van der Waals surface area contributed by atoms with Crippen molar-refractivity contribution in [3.63, 3.8) is 0 Å². The number of nitrogen functional groups attached to an aromatic ring is 1. The highest BCUT2D eigenvalue weighted by Crippen LogP contribution is 2.40. The molecule has 1 aliphatic carbocycles. The number of hydrogen-bond acceptors (Lipinski definition) is 5. The first-order valence-electron chi connectivity index (χ1n) is 6.85. The summed E-state index contributed by atoms with van der Waals surface area (Å²) >= 11 is 0. The Morgan fingerprint density at radius 1 is 1.17 bits per heavy atom. The summed E-state index contributed by atoms with van der Waals surface area (Å²) in [6.07, 6.45) is 0.391. The van der Waals surface area contributed by atoms with Crippen molar-refractivity contribution in [1.82, 2.24) is 19.7 Å². The number of allylic oxidation sites excluding steroid dienone is 2. The summed E-state index contributed by atoms with van der Waals surface area (Å²) < 4.78 is 40.8. The number of ketones is 1. The van der Waals surface area contributed by atoms with E-state index in [1.807, 2.05) is 0 Å². The molecule has 0 radical (unpaired) electrons. The van der Waals surface area contributed by atoms with Crippen molar-refractivity contribution in [3.8, 4) is 5.95 Å². The normalized spacial score (nSPS) is 15.6. The number of carbonyl (C=O) groups is 1. The van der Waals surface area contributed by atoms with Crippen LogP contribution in [0, 0.1) is 0 Å². The fourth-order valence-corrected chi connectivity index (χ4v) is 2.49. The number of alkyl halides is 3. The summed E-state index contributed by atoms with van der Waals surface area (Å²) in [4.78, 5) is 19.3. The van der Waals surface area contributed by atoms with Crippen molar-refractivity contribution in [1.29, 1.82) is 0 Å². The molecule has 0 amide bonds.